The smallest absolute Gasteiger partial charge is 0.123 e. The van der Waals surface area contributed by atoms with Gasteiger partial charge in [-0.3, -0.25) is 0 Å². The highest BCUT2D eigenvalue weighted by Gasteiger charge is 2.40. The van der Waals surface area contributed by atoms with E-state index in [2.05, 4.69) is 6.92 Å². The second-order valence-corrected chi connectivity index (χ2v) is 6.12. The largest absolute Gasteiger partial charge is 0.374 e. The van der Waals surface area contributed by atoms with Crippen LogP contribution in [0.15, 0.2) is 24.3 Å². The molecule has 0 saturated heterocycles. The van der Waals surface area contributed by atoms with Crippen LogP contribution in [-0.2, 0) is 11.2 Å². The van der Waals surface area contributed by atoms with Crippen molar-refractivity contribution in [1.29, 1.82) is 0 Å². The van der Waals surface area contributed by atoms with Crippen LogP contribution in [0, 0.1) is 11.7 Å². The quantitative estimate of drug-likeness (QED) is 0.892. The maximum atomic E-state index is 13.3. The molecule has 0 aromatic heterocycles. The lowest BCUT2D eigenvalue weighted by Crippen LogP contribution is -2.53. The fraction of sp³-hybridized carbons (Fsp3) is 0.647. The zero-order valence-corrected chi connectivity index (χ0v) is 12.6. The molecule has 2 nitrogen and oxygen atoms in total. The zero-order chi connectivity index (χ0) is 14.6. The third-order valence-electron chi connectivity index (χ3n) is 4.57. The number of hydrogen-bond donors (Lipinski definition) is 1. The van der Waals surface area contributed by atoms with Crippen molar-refractivity contribution >= 4 is 0 Å². The molecule has 0 spiro atoms. The van der Waals surface area contributed by atoms with Crippen molar-refractivity contribution in [1.82, 2.24) is 0 Å². The summed E-state index contributed by atoms with van der Waals surface area (Å²) in [6.45, 7) is 4.99. The van der Waals surface area contributed by atoms with E-state index in [1.807, 2.05) is 13.0 Å². The van der Waals surface area contributed by atoms with E-state index in [-0.39, 0.29) is 17.5 Å². The summed E-state index contributed by atoms with van der Waals surface area (Å²) < 4.78 is 19.3. The van der Waals surface area contributed by atoms with Gasteiger partial charge in [0.2, 0.25) is 0 Å². The van der Waals surface area contributed by atoms with E-state index in [0.717, 1.165) is 37.2 Å². The lowest BCUT2D eigenvalue weighted by Gasteiger charge is -2.43. The second kappa shape index (κ2) is 6.68. The van der Waals surface area contributed by atoms with Crippen LogP contribution in [0.25, 0.3) is 0 Å². The molecule has 2 N–H and O–H groups in total. The van der Waals surface area contributed by atoms with Crippen LogP contribution < -0.4 is 5.73 Å². The molecule has 1 aliphatic carbocycles. The monoisotopic (exact) mass is 279 g/mol. The lowest BCUT2D eigenvalue weighted by molar-refractivity contribution is -0.0883. The molecule has 0 bridgehead atoms. The minimum absolute atomic E-state index is 0.0725. The first-order valence-corrected chi connectivity index (χ1v) is 7.70. The van der Waals surface area contributed by atoms with Gasteiger partial charge in [0, 0.05) is 12.6 Å². The molecule has 0 heterocycles. The Bertz CT molecular complexity index is 427. The normalized spacial score (nSPS) is 28.3. The molecule has 1 unspecified atom stereocenters. The molecule has 1 atom stereocenters. The first-order valence-electron chi connectivity index (χ1n) is 7.70. The van der Waals surface area contributed by atoms with Crippen LogP contribution in [-0.4, -0.2) is 18.2 Å². The van der Waals surface area contributed by atoms with Crippen molar-refractivity contribution < 1.29 is 9.13 Å². The van der Waals surface area contributed by atoms with Crippen LogP contribution in [0.2, 0.25) is 0 Å². The SMILES string of the molecule is CCOC1(C(N)Cc2cccc(F)c2)CCC(C)CC1. The average molecular weight is 279 g/mol. The van der Waals surface area contributed by atoms with E-state index in [0.29, 0.717) is 13.0 Å². The Labute approximate surface area is 121 Å². The fourth-order valence-corrected chi connectivity index (χ4v) is 3.26. The second-order valence-electron chi connectivity index (χ2n) is 6.12. The fourth-order valence-electron chi connectivity index (χ4n) is 3.26. The summed E-state index contributed by atoms with van der Waals surface area (Å²) in [7, 11) is 0. The highest BCUT2D eigenvalue weighted by molar-refractivity contribution is 5.18. The van der Waals surface area contributed by atoms with Gasteiger partial charge in [-0.15, -0.1) is 0 Å². The number of halogens is 1. The van der Waals surface area contributed by atoms with Crippen LogP contribution in [0.1, 0.15) is 45.1 Å². The standard InChI is InChI=1S/C17H26FNO/c1-3-20-17(9-7-13(2)8-10-17)16(19)12-14-5-4-6-15(18)11-14/h4-6,11,13,16H,3,7-10,12,19H2,1-2H3. The van der Waals surface area contributed by atoms with Crippen molar-refractivity contribution in [3.05, 3.63) is 35.6 Å². The summed E-state index contributed by atoms with van der Waals surface area (Å²) >= 11 is 0. The van der Waals surface area contributed by atoms with Crippen molar-refractivity contribution in [3.63, 3.8) is 0 Å². The molecule has 1 saturated carbocycles. The average Bonchev–Trinajstić information content (AvgIpc) is 2.42. The van der Waals surface area contributed by atoms with Crippen LogP contribution in [0.3, 0.4) is 0 Å². The van der Waals surface area contributed by atoms with E-state index in [1.54, 1.807) is 12.1 Å². The summed E-state index contributed by atoms with van der Waals surface area (Å²) in [4.78, 5) is 0. The Balaban J connectivity index is 2.09. The molecular weight excluding hydrogens is 253 g/mol. The summed E-state index contributed by atoms with van der Waals surface area (Å²) in [6, 6.07) is 6.65. The number of benzene rings is 1. The van der Waals surface area contributed by atoms with E-state index < -0.39 is 0 Å². The molecular formula is C17H26FNO. The highest BCUT2D eigenvalue weighted by Crippen LogP contribution is 2.37. The number of nitrogens with two attached hydrogens (primary N) is 1. The molecule has 3 heteroatoms. The Morgan fingerprint density at radius 3 is 2.70 bits per heavy atom. The molecule has 0 amide bonds. The first-order chi connectivity index (χ1) is 9.55. The minimum atomic E-state index is -0.229. The molecule has 1 aliphatic rings. The Morgan fingerprint density at radius 2 is 2.10 bits per heavy atom. The van der Waals surface area contributed by atoms with Gasteiger partial charge in [-0.1, -0.05) is 19.1 Å². The first kappa shape index (κ1) is 15.5. The Morgan fingerprint density at radius 1 is 1.40 bits per heavy atom. The molecule has 0 aliphatic heterocycles. The van der Waals surface area contributed by atoms with Gasteiger partial charge in [-0.2, -0.15) is 0 Å². The minimum Gasteiger partial charge on any atom is -0.374 e. The highest BCUT2D eigenvalue weighted by atomic mass is 19.1. The molecule has 1 aromatic rings. The van der Waals surface area contributed by atoms with E-state index in [9.17, 15) is 4.39 Å². The summed E-state index contributed by atoms with van der Waals surface area (Å²) in [6.07, 6.45) is 5.02. The number of hydrogen-bond acceptors (Lipinski definition) is 2. The van der Waals surface area contributed by atoms with Crippen LogP contribution in [0.5, 0.6) is 0 Å². The van der Waals surface area contributed by atoms with Gasteiger partial charge < -0.3 is 10.5 Å². The van der Waals surface area contributed by atoms with E-state index >= 15 is 0 Å². The molecule has 1 aromatic carbocycles. The topological polar surface area (TPSA) is 35.2 Å². The molecule has 112 valence electrons. The maximum absolute atomic E-state index is 13.3. The molecule has 0 radical (unpaired) electrons. The number of rotatable bonds is 5. The lowest BCUT2D eigenvalue weighted by atomic mass is 9.74. The van der Waals surface area contributed by atoms with Gasteiger partial charge in [0.05, 0.1) is 5.60 Å². The van der Waals surface area contributed by atoms with Crippen molar-refractivity contribution in [2.75, 3.05) is 6.61 Å². The predicted molar refractivity (Wildman–Crippen MR) is 80.1 cm³/mol. The predicted octanol–water partition coefficient (Wildman–Crippen LogP) is 3.68. The van der Waals surface area contributed by atoms with Gasteiger partial charge >= 0.3 is 0 Å². The van der Waals surface area contributed by atoms with Crippen molar-refractivity contribution in [2.24, 2.45) is 11.7 Å². The Kier molecular flexibility index (Phi) is 5.17. The molecule has 20 heavy (non-hydrogen) atoms. The van der Waals surface area contributed by atoms with Crippen LogP contribution >= 0.6 is 0 Å². The zero-order valence-electron chi connectivity index (χ0n) is 12.6. The summed E-state index contributed by atoms with van der Waals surface area (Å²) in [5, 5.41) is 0. The summed E-state index contributed by atoms with van der Waals surface area (Å²) in [5.41, 5.74) is 7.17. The summed E-state index contributed by atoms with van der Waals surface area (Å²) in [5.74, 6) is 0.558. The van der Waals surface area contributed by atoms with Gasteiger partial charge in [0.1, 0.15) is 5.82 Å². The van der Waals surface area contributed by atoms with Gasteiger partial charge in [0.25, 0.3) is 0 Å². The van der Waals surface area contributed by atoms with Crippen LogP contribution in [0.4, 0.5) is 4.39 Å². The third-order valence-corrected chi connectivity index (χ3v) is 4.57. The maximum Gasteiger partial charge on any atom is 0.123 e. The van der Waals surface area contributed by atoms with Crippen molar-refractivity contribution in [2.45, 2.75) is 57.6 Å². The van der Waals surface area contributed by atoms with Gasteiger partial charge in [-0.05, 0) is 62.6 Å². The number of ether oxygens (including phenoxy) is 1. The van der Waals surface area contributed by atoms with Gasteiger partial charge in [0.15, 0.2) is 0 Å². The Hall–Kier alpha value is -0.930. The van der Waals surface area contributed by atoms with E-state index in [4.69, 9.17) is 10.5 Å². The third kappa shape index (κ3) is 3.58. The van der Waals surface area contributed by atoms with Gasteiger partial charge in [-0.25, -0.2) is 4.39 Å². The molecule has 1 fully saturated rings. The molecule has 2 rings (SSSR count). The van der Waals surface area contributed by atoms with Crippen molar-refractivity contribution in [3.8, 4) is 0 Å². The van der Waals surface area contributed by atoms with E-state index in [1.165, 1.54) is 6.07 Å².